The van der Waals surface area contributed by atoms with E-state index in [1.54, 1.807) is 12.1 Å². The van der Waals surface area contributed by atoms with Gasteiger partial charge in [0.05, 0.1) is 5.56 Å². The molecule has 1 aliphatic heterocycles. The summed E-state index contributed by atoms with van der Waals surface area (Å²) in [6, 6.07) is 3.52. The first-order valence-electron chi connectivity index (χ1n) is 3.53. The SMILES string of the molecule is O=C1OC(Br)(Br)c2c1ccc(Br)c2Br.[NaH]. The number of carbonyl (C=O) groups excluding carboxylic acids is 1. The van der Waals surface area contributed by atoms with E-state index in [9.17, 15) is 4.79 Å². The van der Waals surface area contributed by atoms with Crippen LogP contribution in [-0.4, -0.2) is 35.5 Å². The van der Waals surface area contributed by atoms with Gasteiger partial charge in [0.15, 0.2) is 0 Å². The maximum atomic E-state index is 11.4. The molecule has 2 rings (SSSR count). The predicted molar refractivity (Wildman–Crippen MR) is 73.9 cm³/mol. The second kappa shape index (κ2) is 5.08. The zero-order valence-electron chi connectivity index (χ0n) is 6.48. The first-order chi connectivity index (χ1) is 6.43. The monoisotopic (exact) mass is 470 g/mol. The molecule has 0 amide bonds. The van der Waals surface area contributed by atoms with Crippen LogP contribution in [0.1, 0.15) is 15.9 Å². The van der Waals surface area contributed by atoms with Crippen LogP contribution in [0.5, 0.6) is 0 Å². The molecule has 0 aromatic heterocycles. The van der Waals surface area contributed by atoms with E-state index in [-0.39, 0.29) is 35.5 Å². The van der Waals surface area contributed by atoms with E-state index in [2.05, 4.69) is 63.7 Å². The van der Waals surface area contributed by atoms with Gasteiger partial charge in [-0.1, -0.05) is 0 Å². The van der Waals surface area contributed by atoms with Crippen molar-refractivity contribution < 1.29 is 9.53 Å². The van der Waals surface area contributed by atoms with E-state index >= 15 is 0 Å². The summed E-state index contributed by atoms with van der Waals surface area (Å²) in [5.74, 6) is -0.345. The van der Waals surface area contributed by atoms with Crippen LogP contribution in [0.4, 0.5) is 0 Å². The molecule has 0 spiro atoms. The standard InChI is InChI=1S/C8H2Br4O2.Na.H/c9-4-2-1-3-5(6(4)10)8(11,12)14-7(3)13;;/h1-2H;;. The van der Waals surface area contributed by atoms with Gasteiger partial charge in [0.1, 0.15) is 0 Å². The Morgan fingerprint density at radius 1 is 1.20 bits per heavy atom. The summed E-state index contributed by atoms with van der Waals surface area (Å²) in [6.45, 7) is 0. The van der Waals surface area contributed by atoms with Gasteiger partial charge in [-0.2, -0.15) is 0 Å². The Balaban J connectivity index is 0.00000112. The second-order valence-corrected chi connectivity index (χ2v) is 7.64. The Hall–Kier alpha value is 1.61. The Bertz CT molecular complexity index is 433. The van der Waals surface area contributed by atoms with Crippen LogP contribution >= 0.6 is 63.7 Å². The normalized spacial score (nSPS) is 16.7. The quantitative estimate of drug-likeness (QED) is 0.327. The topological polar surface area (TPSA) is 26.3 Å². The Morgan fingerprint density at radius 3 is 2.40 bits per heavy atom. The summed E-state index contributed by atoms with van der Waals surface area (Å²) >= 11 is 13.3. The summed E-state index contributed by atoms with van der Waals surface area (Å²) in [6.07, 6.45) is 0. The summed E-state index contributed by atoms with van der Waals surface area (Å²) in [5.41, 5.74) is 1.30. The number of carbonyl (C=O) groups is 1. The molecule has 0 fully saturated rings. The number of ether oxygens (including phenoxy) is 1. The fourth-order valence-corrected chi connectivity index (χ4v) is 3.83. The van der Waals surface area contributed by atoms with Gasteiger partial charge in [-0.05, 0) is 75.9 Å². The van der Waals surface area contributed by atoms with Crippen molar-refractivity contribution in [3.8, 4) is 0 Å². The molecule has 15 heavy (non-hydrogen) atoms. The van der Waals surface area contributed by atoms with Crippen molar-refractivity contribution in [3.63, 3.8) is 0 Å². The first-order valence-corrected chi connectivity index (χ1v) is 6.70. The van der Waals surface area contributed by atoms with E-state index in [1.165, 1.54) is 0 Å². The van der Waals surface area contributed by atoms with Crippen molar-refractivity contribution in [2.24, 2.45) is 0 Å². The molecule has 1 aliphatic rings. The number of fused-ring (bicyclic) bond motifs is 1. The molecule has 0 radical (unpaired) electrons. The minimum absolute atomic E-state index is 0. The average molecular weight is 474 g/mol. The Labute approximate surface area is 142 Å². The van der Waals surface area contributed by atoms with Gasteiger partial charge < -0.3 is 4.74 Å². The van der Waals surface area contributed by atoms with Crippen molar-refractivity contribution >= 4 is 99.2 Å². The molecule has 0 N–H and O–H groups in total. The minimum atomic E-state index is -0.922. The third-order valence-corrected chi connectivity index (χ3v) is 4.96. The fraction of sp³-hybridized carbons (Fsp3) is 0.125. The van der Waals surface area contributed by atoms with Gasteiger partial charge in [0, 0.05) is 14.5 Å². The third-order valence-electron chi connectivity index (χ3n) is 1.83. The molecule has 1 heterocycles. The number of hydrogen-bond acceptors (Lipinski definition) is 2. The molecule has 76 valence electrons. The van der Waals surface area contributed by atoms with Crippen LogP contribution in [0.2, 0.25) is 0 Å². The van der Waals surface area contributed by atoms with Crippen LogP contribution in [0, 0.1) is 0 Å². The fourth-order valence-electron chi connectivity index (χ4n) is 1.23. The molecule has 2 nitrogen and oxygen atoms in total. The molecule has 1 aromatic carbocycles. The molecular weight excluding hydrogens is 471 g/mol. The van der Waals surface area contributed by atoms with Crippen LogP contribution in [-0.2, 0) is 8.16 Å². The van der Waals surface area contributed by atoms with Crippen molar-refractivity contribution in [2.75, 3.05) is 0 Å². The van der Waals surface area contributed by atoms with Crippen LogP contribution in [0.3, 0.4) is 0 Å². The first kappa shape index (κ1) is 14.7. The van der Waals surface area contributed by atoms with Crippen molar-refractivity contribution in [1.29, 1.82) is 0 Å². The Kier molecular flexibility index (Phi) is 4.97. The molecular formula is C8H3Br4NaO2. The number of halogens is 4. The Morgan fingerprint density at radius 2 is 1.80 bits per heavy atom. The summed E-state index contributed by atoms with van der Waals surface area (Å²) in [7, 11) is 0. The molecule has 1 aromatic rings. The number of cyclic esters (lactones) is 1. The molecule has 0 saturated heterocycles. The maximum absolute atomic E-state index is 11.4. The number of hydrogen-bond donors (Lipinski definition) is 0. The van der Waals surface area contributed by atoms with E-state index in [1.807, 2.05) is 0 Å². The number of alkyl halides is 2. The van der Waals surface area contributed by atoms with Gasteiger partial charge in [0.25, 0.3) is 0 Å². The van der Waals surface area contributed by atoms with Crippen molar-refractivity contribution in [1.82, 2.24) is 0 Å². The van der Waals surface area contributed by atoms with Gasteiger partial charge in [-0.25, -0.2) is 4.79 Å². The van der Waals surface area contributed by atoms with Crippen LogP contribution in [0.25, 0.3) is 0 Å². The molecule has 0 saturated carbocycles. The van der Waals surface area contributed by atoms with Crippen molar-refractivity contribution in [2.45, 2.75) is 3.42 Å². The van der Waals surface area contributed by atoms with Crippen LogP contribution < -0.4 is 0 Å². The van der Waals surface area contributed by atoms with Gasteiger partial charge in [-0.15, -0.1) is 0 Å². The molecule has 0 atom stereocenters. The number of rotatable bonds is 0. The summed E-state index contributed by atoms with van der Waals surface area (Å²) in [5, 5.41) is 0. The van der Waals surface area contributed by atoms with Gasteiger partial charge >= 0.3 is 35.5 Å². The van der Waals surface area contributed by atoms with Crippen molar-refractivity contribution in [3.05, 3.63) is 32.2 Å². The third kappa shape index (κ3) is 2.56. The zero-order valence-corrected chi connectivity index (χ0v) is 12.8. The van der Waals surface area contributed by atoms with Crippen LogP contribution in [0.15, 0.2) is 21.1 Å². The molecule has 0 unspecified atom stereocenters. The molecule has 7 heteroatoms. The van der Waals surface area contributed by atoms with Gasteiger partial charge in [0.2, 0.25) is 3.42 Å². The average Bonchev–Trinajstić information content (AvgIpc) is 2.29. The summed E-state index contributed by atoms with van der Waals surface area (Å²) in [4.78, 5) is 11.4. The number of esters is 1. The van der Waals surface area contributed by atoms with Gasteiger partial charge in [-0.3, -0.25) is 0 Å². The van der Waals surface area contributed by atoms with E-state index in [0.717, 1.165) is 14.5 Å². The molecule has 0 bridgehead atoms. The zero-order chi connectivity index (χ0) is 10.5. The second-order valence-electron chi connectivity index (χ2n) is 2.69. The predicted octanol–water partition coefficient (Wildman–Crippen LogP) is 3.63. The van der Waals surface area contributed by atoms with E-state index in [4.69, 9.17) is 4.74 Å². The van der Waals surface area contributed by atoms with E-state index in [0.29, 0.717) is 5.56 Å². The molecule has 0 aliphatic carbocycles. The summed E-state index contributed by atoms with van der Waals surface area (Å²) < 4.78 is 5.85. The van der Waals surface area contributed by atoms with E-state index < -0.39 is 3.42 Å². The number of benzene rings is 1.